The van der Waals surface area contributed by atoms with E-state index in [0.717, 1.165) is 22.3 Å². The molecule has 2 aromatic rings. The van der Waals surface area contributed by atoms with E-state index >= 15 is 0 Å². The summed E-state index contributed by atoms with van der Waals surface area (Å²) < 4.78 is 5.75. The Morgan fingerprint density at radius 1 is 1.07 bits per heavy atom. The van der Waals surface area contributed by atoms with Crippen molar-refractivity contribution >= 4 is 11.8 Å². The van der Waals surface area contributed by atoms with Crippen molar-refractivity contribution in [2.75, 3.05) is 13.2 Å². The van der Waals surface area contributed by atoms with Crippen LogP contribution in [0.15, 0.2) is 42.5 Å². The lowest BCUT2D eigenvalue weighted by molar-refractivity contribution is -0.142. The van der Waals surface area contributed by atoms with Crippen molar-refractivity contribution in [2.45, 2.75) is 47.2 Å². The molecule has 0 aromatic heterocycles. The summed E-state index contributed by atoms with van der Waals surface area (Å²) in [6, 6.07) is 13.1. The maximum atomic E-state index is 13.0. The van der Waals surface area contributed by atoms with Gasteiger partial charge in [-0.25, -0.2) is 0 Å². The highest BCUT2D eigenvalue weighted by Gasteiger charge is 2.26. The number of ether oxygens (including phenoxy) is 1. The number of nitrogens with one attached hydrogen (secondary N) is 1. The summed E-state index contributed by atoms with van der Waals surface area (Å²) in [5.74, 6) is 0.268. The van der Waals surface area contributed by atoms with Gasteiger partial charge in [0.25, 0.3) is 5.91 Å². The molecule has 0 aliphatic carbocycles. The molecular formula is C23H30N2O3. The maximum Gasteiger partial charge on any atom is 0.261 e. The van der Waals surface area contributed by atoms with Gasteiger partial charge in [-0.2, -0.15) is 0 Å². The molecule has 28 heavy (non-hydrogen) atoms. The van der Waals surface area contributed by atoms with Crippen LogP contribution in [0.5, 0.6) is 5.75 Å². The first kappa shape index (κ1) is 21.5. The third-order valence-electron chi connectivity index (χ3n) is 4.68. The standard InChI is InChI=1S/C23H30N2O3/c1-6-24-23(27)19(5)25(14-20-10-8-7-9-18(20)4)22(26)15-28-21-12-16(2)11-17(3)13-21/h7-13,19H,6,14-15H2,1-5H3,(H,24,27). The molecule has 0 fully saturated rings. The number of carbonyl (C=O) groups is 2. The molecule has 5 heteroatoms. The van der Waals surface area contributed by atoms with Crippen molar-refractivity contribution in [3.05, 3.63) is 64.7 Å². The van der Waals surface area contributed by atoms with Crippen molar-refractivity contribution in [3.8, 4) is 5.75 Å². The summed E-state index contributed by atoms with van der Waals surface area (Å²) >= 11 is 0. The molecule has 1 unspecified atom stereocenters. The number of benzene rings is 2. The minimum atomic E-state index is -0.588. The molecule has 2 aromatic carbocycles. The van der Waals surface area contributed by atoms with Gasteiger partial charge in [0.1, 0.15) is 11.8 Å². The zero-order chi connectivity index (χ0) is 20.7. The number of nitrogens with zero attached hydrogens (tertiary/aromatic N) is 1. The van der Waals surface area contributed by atoms with Gasteiger partial charge in [-0.15, -0.1) is 0 Å². The number of aryl methyl sites for hydroxylation is 3. The monoisotopic (exact) mass is 382 g/mol. The van der Waals surface area contributed by atoms with E-state index in [-0.39, 0.29) is 18.4 Å². The van der Waals surface area contributed by atoms with Crippen LogP contribution in [0.25, 0.3) is 0 Å². The Morgan fingerprint density at radius 3 is 2.32 bits per heavy atom. The van der Waals surface area contributed by atoms with E-state index in [1.807, 2.05) is 64.1 Å². The van der Waals surface area contributed by atoms with Gasteiger partial charge in [0.15, 0.2) is 6.61 Å². The summed E-state index contributed by atoms with van der Waals surface area (Å²) in [6.07, 6.45) is 0. The van der Waals surface area contributed by atoms with Gasteiger partial charge in [0.05, 0.1) is 0 Å². The van der Waals surface area contributed by atoms with Crippen LogP contribution in [0.2, 0.25) is 0 Å². The topological polar surface area (TPSA) is 58.6 Å². The van der Waals surface area contributed by atoms with E-state index in [1.54, 1.807) is 11.8 Å². The molecule has 150 valence electrons. The Balaban J connectivity index is 2.17. The third-order valence-corrected chi connectivity index (χ3v) is 4.68. The quantitative estimate of drug-likeness (QED) is 0.760. The first-order valence-electron chi connectivity index (χ1n) is 9.64. The molecule has 1 N–H and O–H groups in total. The highest BCUT2D eigenvalue weighted by Crippen LogP contribution is 2.18. The number of amides is 2. The smallest absolute Gasteiger partial charge is 0.261 e. The molecule has 0 radical (unpaired) electrons. The fourth-order valence-corrected chi connectivity index (χ4v) is 3.12. The molecule has 0 bridgehead atoms. The van der Waals surface area contributed by atoms with Crippen molar-refractivity contribution in [1.82, 2.24) is 10.2 Å². The normalized spacial score (nSPS) is 11.6. The summed E-state index contributed by atoms with van der Waals surface area (Å²) in [5, 5.41) is 2.80. The fraction of sp³-hybridized carbons (Fsp3) is 0.391. The van der Waals surface area contributed by atoms with Crippen molar-refractivity contribution < 1.29 is 14.3 Å². The third kappa shape index (κ3) is 5.84. The molecular weight excluding hydrogens is 352 g/mol. The average molecular weight is 383 g/mol. The molecule has 0 saturated heterocycles. The molecule has 1 atom stereocenters. The molecule has 0 aliphatic heterocycles. The predicted octanol–water partition coefficient (Wildman–Crippen LogP) is 3.54. The average Bonchev–Trinajstić information content (AvgIpc) is 2.64. The minimum Gasteiger partial charge on any atom is -0.484 e. The first-order valence-corrected chi connectivity index (χ1v) is 9.64. The van der Waals surface area contributed by atoms with Crippen LogP contribution in [0, 0.1) is 20.8 Å². The van der Waals surface area contributed by atoms with Crippen LogP contribution < -0.4 is 10.1 Å². The molecule has 0 spiro atoms. The van der Waals surface area contributed by atoms with Gasteiger partial charge in [-0.3, -0.25) is 9.59 Å². The second kappa shape index (κ2) is 9.93. The van der Waals surface area contributed by atoms with Gasteiger partial charge in [0, 0.05) is 13.1 Å². The second-order valence-corrected chi connectivity index (χ2v) is 7.13. The number of hydrogen-bond donors (Lipinski definition) is 1. The number of rotatable bonds is 8. The lowest BCUT2D eigenvalue weighted by Crippen LogP contribution is -2.49. The van der Waals surface area contributed by atoms with Gasteiger partial charge in [-0.05, 0) is 69.0 Å². The van der Waals surface area contributed by atoms with E-state index < -0.39 is 6.04 Å². The van der Waals surface area contributed by atoms with Crippen molar-refractivity contribution in [3.63, 3.8) is 0 Å². The van der Waals surface area contributed by atoms with Crippen LogP contribution >= 0.6 is 0 Å². The summed E-state index contributed by atoms with van der Waals surface area (Å²) in [6.45, 7) is 10.4. The van der Waals surface area contributed by atoms with Crippen LogP contribution in [0.4, 0.5) is 0 Å². The molecule has 0 aliphatic rings. The Labute approximate surface area is 167 Å². The zero-order valence-electron chi connectivity index (χ0n) is 17.4. The van der Waals surface area contributed by atoms with Gasteiger partial charge >= 0.3 is 0 Å². The van der Waals surface area contributed by atoms with E-state index in [2.05, 4.69) is 11.4 Å². The van der Waals surface area contributed by atoms with E-state index in [4.69, 9.17) is 4.74 Å². The van der Waals surface area contributed by atoms with Crippen molar-refractivity contribution in [2.24, 2.45) is 0 Å². The summed E-state index contributed by atoms with van der Waals surface area (Å²) in [7, 11) is 0. The summed E-state index contributed by atoms with van der Waals surface area (Å²) in [5.41, 5.74) is 4.25. The Morgan fingerprint density at radius 2 is 1.71 bits per heavy atom. The fourth-order valence-electron chi connectivity index (χ4n) is 3.12. The Hall–Kier alpha value is -2.82. The van der Waals surface area contributed by atoms with Gasteiger partial charge in [0.2, 0.25) is 5.91 Å². The summed E-state index contributed by atoms with van der Waals surface area (Å²) in [4.78, 5) is 26.9. The number of hydrogen-bond acceptors (Lipinski definition) is 3. The number of likely N-dealkylation sites (N-methyl/N-ethyl adjacent to an activating group) is 1. The van der Waals surface area contributed by atoms with E-state index in [0.29, 0.717) is 18.8 Å². The van der Waals surface area contributed by atoms with Crippen LogP contribution in [0.1, 0.15) is 36.1 Å². The molecule has 5 nitrogen and oxygen atoms in total. The molecule has 0 saturated carbocycles. The largest absolute Gasteiger partial charge is 0.484 e. The van der Waals surface area contributed by atoms with E-state index in [1.165, 1.54) is 0 Å². The highest BCUT2D eigenvalue weighted by atomic mass is 16.5. The van der Waals surface area contributed by atoms with Crippen LogP contribution in [-0.4, -0.2) is 35.9 Å². The maximum absolute atomic E-state index is 13.0. The van der Waals surface area contributed by atoms with Crippen LogP contribution in [-0.2, 0) is 16.1 Å². The first-order chi connectivity index (χ1) is 13.3. The van der Waals surface area contributed by atoms with E-state index in [9.17, 15) is 9.59 Å². The minimum absolute atomic E-state index is 0.113. The SMILES string of the molecule is CCNC(=O)C(C)N(Cc1ccccc1C)C(=O)COc1cc(C)cc(C)c1. The molecule has 0 heterocycles. The lowest BCUT2D eigenvalue weighted by atomic mass is 10.1. The molecule has 2 amide bonds. The van der Waals surface area contributed by atoms with Crippen LogP contribution in [0.3, 0.4) is 0 Å². The Bertz CT molecular complexity index is 812. The number of carbonyl (C=O) groups excluding carboxylic acids is 2. The van der Waals surface area contributed by atoms with Gasteiger partial charge in [-0.1, -0.05) is 30.3 Å². The second-order valence-electron chi connectivity index (χ2n) is 7.13. The predicted molar refractivity (Wildman–Crippen MR) is 111 cm³/mol. The molecule has 2 rings (SSSR count). The Kier molecular flexibility index (Phi) is 7.61. The highest BCUT2D eigenvalue weighted by molar-refractivity contribution is 5.87. The van der Waals surface area contributed by atoms with Gasteiger partial charge < -0.3 is 15.0 Å². The lowest BCUT2D eigenvalue weighted by Gasteiger charge is -2.29. The van der Waals surface area contributed by atoms with Crippen molar-refractivity contribution in [1.29, 1.82) is 0 Å². The zero-order valence-corrected chi connectivity index (χ0v) is 17.4.